The van der Waals surface area contributed by atoms with Crippen LogP contribution < -0.4 is 5.73 Å². The minimum Gasteiger partial charge on any atom is -0.397 e. The molecule has 90 valence electrons. The van der Waals surface area contributed by atoms with Crippen molar-refractivity contribution in [2.75, 3.05) is 5.73 Å². The topological polar surface area (TPSA) is 26.0 Å². The summed E-state index contributed by atoms with van der Waals surface area (Å²) in [6, 6.07) is 1.22. The fourth-order valence-electron chi connectivity index (χ4n) is 1.41. The van der Waals surface area contributed by atoms with Crippen LogP contribution in [-0.2, 0) is 6.18 Å². The molecule has 0 unspecified atom stereocenters. The SMILES string of the molecule is CC(C)c1cc(N)c(Cl)c(Cl)c1C(F)(F)F. The van der Waals surface area contributed by atoms with Crippen molar-refractivity contribution < 1.29 is 13.2 Å². The zero-order valence-corrected chi connectivity index (χ0v) is 10.1. The molecule has 0 aliphatic carbocycles. The normalized spacial score (nSPS) is 12.2. The lowest BCUT2D eigenvalue weighted by molar-refractivity contribution is -0.138. The Labute approximate surface area is 101 Å². The molecule has 0 spiro atoms. The Bertz CT molecular complexity index is 414. The van der Waals surface area contributed by atoms with Crippen LogP contribution >= 0.6 is 23.2 Å². The summed E-state index contributed by atoms with van der Waals surface area (Å²) in [7, 11) is 0. The van der Waals surface area contributed by atoms with Crippen LogP contribution in [0.1, 0.15) is 30.9 Å². The Kier molecular flexibility index (Phi) is 3.65. The number of anilines is 1. The fraction of sp³-hybridized carbons (Fsp3) is 0.400. The monoisotopic (exact) mass is 271 g/mol. The molecule has 1 nitrogen and oxygen atoms in total. The molecule has 1 rings (SSSR count). The standard InChI is InChI=1S/C10H10Cl2F3N/c1-4(2)5-3-6(16)8(11)9(12)7(5)10(13,14)15/h3-4H,16H2,1-2H3. The lowest BCUT2D eigenvalue weighted by Crippen LogP contribution is -2.12. The largest absolute Gasteiger partial charge is 0.418 e. The molecule has 0 amide bonds. The van der Waals surface area contributed by atoms with Crippen molar-refractivity contribution in [1.82, 2.24) is 0 Å². The molecule has 0 heterocycles. The number of halogens is 5. The first-order chi connectivity index (χ1) is 7.16. The Balaban J connectivity index is 3.62. The predicted octanol–water partition coefficient (Wildman–Crippen LogP) is 4.72. The van der Waals surface area contributed by atoms with Gasteiger partial charge in [-0.1, -0.05) is 37.0 Å². The summed E-state index contributed by atoms with van der Waals surface area (Å²) in [6.07, 6.45) is -4.53. The molecule has 16 heavy (non-hydrogen) atoms. The molecule has 0 radical (unpaired) electrons. The summed E-state index contributed by atoms with van der Waals surface area (Å²) < 4.78 is 38.4. The molecular formula is C10H10Cl2F3N. The summed E-state index contributed by atoms with van der Waals surface area (Å²) in [4.78, 5) is 0. The van der Waals surface area contributed by atoms with Gasteiger partial charge in [-0.3, -0.25) is 0 Å². The first kappa shape index (κ1) is 13.5. The molecule has 0 bridgehead atoms. The van der Waals surface area contributed by atoms with Crippen LogP contribution in [0.25, 0.3) is 0 Å². The number of benzene rings is 1. The average molecular weight is 272 g/mol. The van der Waals surface area contributed by atoms with E-state index in [0.717, 1.165) is 0 Å². The van der Waals surface area contributed by atoms with Gasteiger partial charge in [0.1, 0.15) is 0 Å². The summed E-state index contributed by atoms with van der Waals surface area (Å²) in [5, 5.41) is -0.781. The number of nitrogens with two attached hydrogens (primary N) is 1. The van der Waals surface area contributed by atoms with Gasteiger partial charge >= 0.3 is 6.18 Å². The maximum atomic E-state index is 12.8. The van der Waals surface area contributed by atoms with Crippen molar-refractivity contribution in [1.29, 1.82) is 0 Å². The van der Waals surface area contributed by atoms with Crippen LogP contribution in [0.3, 0.4) is 0 Å². The molecule has 6 heteroatoms. The van der Waals surface area contributed by atoms with Gasteiger partial charge in [0.05, 0.1) is 21.3 Å². The molecule has 2 N–H and O–H groups in total. The second-order valence-corrected chi connectivity index (χ2v) is 4.47. The maximum Gasteiger partial charge on any atom is 0.418 e. The maximum absolute atomic E-state index is 12.8. The zero-order chi connectivity index (χ0) is 12.7. The van der Waals surface area contributed by atoms with Gasteiger partial charge in [-0.2, -0.15) is 13.2 Å². The third-order valence-electron chi connectivity index (χ3n) is 2.17. The van der Waals surface area contributed by atoms with Crippen molar-refractivity contribution >= 4 is 28.9 Å². The van der Waals surface area contributed by atoms with Crippen LogP contribution in [0.5, 0.6) is 0 Å². The highest BCUT2D eigenvalue weighted by atomic mass is 35.5. The van der Waals surface area contributed by atoms with Gasteiger partial charge in [0.15, 0.2) is 0 Å². The second kappa shape index (κ2) is 4.34. The molecule has 0 saturated heterocycles. The summed E-state index contributed by atoms with van der Waals surface area (Å²) >= 11 is 11.2. The van der Waals surface area contributed by atoms with Crippen molar-refractivity contribution in [3.05, 3.63) is 27.2 Å². The summed E-state index contributed by atoms with van der Waals surface area (Å²) in [5.74, 6) is -0.339. The van der Waals surface area contributed by atoms with E-state index >= 15 is 0 Å². The Morgan fingerprint density at radius 2 is 1.69 bits per heavy atom. The molecule has 0 atom stereocenters. The molecule has 0 aromatic heterocycles. The van der Waals surface area contributed by atoms with Crippen LogP contribution in [0.2, 0.25) is 10.0 Å². The smallest absolute Gasteiger partial charge is 0.397 e. The number of hydrogen-bond donors (Lipinski definition) is 1. The minimum atomic E-state index is -4.53. The van der Waals surface area contributed by atoms with Gasteiger partial charge in [-0.25, -0.2) is 0 Å². The Hall–Kier alpha value is -0.610. The van der Waals surface area contributed by atoms with Crippen LogP contribution in [0, 0.1) is 0 Å². The van der Waals surface area contributed by atoms with E-state index in [4.69, 9.17) is 28.9 Å². The van der Waals surface area contributed by atoms with Gasteiger partial charge in [0.2, 0.25) is 0 Å². The molecule has 0 fully saturated rings. The number of alkyl halides is 3. The van der Waals surface area contributed by atoms with E-state index < -0.39 is 16.8 Å². The van der Waals surface area contributed by atoms with Crippen LogP contribution in [0.4, 0.5) is 18.9 Å². The zero-order valence-electron chi connectivity index (χ0n) is 8.62. The fourth-order valence-corrected chi connectivity index (χ4v) is 1.88. The van der Waals surface area contributed by atoms with Gasteiger partial charge in [0, 0.05) is 0 Å². The third-order valence-corrected chi connectivity index (χ3v) is 3.05. The van der Waals surface area contributed by atoms with E-state index in [9.17, 15) is 13.2 Å². The van der Waals surface area contributed by atoms with Crippen molar-refractivity contribution in [2.45, 2.75) is 25.9 Å². The average Bonchev–Trinajstić information content (AvgIpc) is 2.10. The van der Waals surface area contributed by atoms with E-state index in [0.29, 0.717) is 0 Å². The van der Waals surface area contributed by atoms with Gasteiger partial charge in [-0.05, 0) is 17.5 Å². The molecule has 0 aliphatic rings. The van der Waals surface area contributed by atoms with E-state index in [1.807, 2.05) is 0 Å². The first-order valence-corrected chi connectivity index (χ1v) is 5.26. The number of hydrogen-bond acceptors (Lipinski definition) is 1. The highest BCUT2D eigenvalue weighted by molar-refractivity contribution is 6.44. The van der Waals surface area contributed by atoms with E-state index in [1.165, 1.54) is 6.07 Å². The van der Waals surface area contributed by atoms with Crippen molar-refractivity contribution in [2.24, 2.45) is 0 Å². The molecule has 1 aromatic rings. The summed E-state index contributed by atoms with van der Waals surface area (Å²) in [6.45, 7) is 3.27. The van der Waals surface area contributed by atoms with E-state index in [1.54, 1.807) is 13.8 Å². The predicted molar refractivity (Wildman–Crippen MR) is 60.0 cm³/mol. The summed E-state index contributed by atoms with van der Waals surface area (Å²) in [5.41, 5.74) is 4.70. The van der Waals surface area contributed by atoms with E-state index in [-0.39, 0.29) is 22.2 Å². The molecule has 1 aromatic carbocycles. The third kappa shape index (κ3) is 2.38. The molecule has 0 saturated carbocycles. The Morgan fingerprint density at radius 1 is 1.19 bits per heavy atom. The molecular weight excluding hydrogens is 262 g/mol. The lowest BCUT2D eigenvalue weighted by Gasteiger charge is -2.19. The number of nitrogen functional groups attached to an aromatic ring is 1. The highest BCUT2D eigenvalue weighted by Gasteiger charge is 2.38. The minimum absolute atomic E-state index is 0.0550. The van der Waals surface area contributed by atoms with Gasteiger partial charge in [0.25, 0.3) is 0 Å². The van der Waals surface area contributed by atoms with Crippen molar-refractivity contribution in [3.63, 3.8) is 0 Å². The Morgan fingerprint density at radius 3 is 2.06 bits per heavy atom. The second-order valence-electron chi connectivity index (χ2n) is 3.71. The van der Waals surface area contributed by atoms with E-state index in [2.05, 4.69) is 0 Å². The number of rotatable bonds is 1. The van der Waals surface area contributed by atoms with Gasteiger partial charge in [-0.15, -0.1) is 0 Å². The quantitative estimate of drug-likeness (QED) is 0.735. The highest BCUT2D eigenvalue weighted by Crippen LogP contribution is 2.44. The van der Waals surface area contributed by atoms with Crippen molar-refractivity contribution in [3.8, 4) is 0 Å². The van der Waals surface area contributed by atoms with Crippen LogP contribution in [-0.4, -0.2) is 0 Å². The lowest BCUT2D eigenvalue weighted by atomic mass is 9.96. The molecule has 0 aliphatic heterocycles. The first-order valence-electron chi connectivity index (χ1n) is 4.50. The van der Waals surface area contributed by atoms with Crippen LogP contribution in [0.15, 0.2) is 6.07 Å². The van der Waals surface area contributed by atoms with Gasteiger partial charge < -0.3 is 5.73 Å².